The van der Waals surface area contributed by atoms with Crippen LogP contribution in [-0.2, 0) is 6.42 Å². The molecule has 2 saturated heterocycles. The number of nitrogens with one attached hydrogen (secondary N) is 2. The Morgan fingerprint density at radius 3 is 2.73 bits per heavy atom. The van der Waals surface area contributed by atoms with Crippen molar-refractivity contribution in [2.45, 2.75) is 38.1 Å². The van der Waals surface area contributed by atoms with Gasteiger partial charge in [0, 0.05) is 49.4 Å². The Morgan fingerprint density at radius 1 is 1.00 bits per heavy atom. The van der Waals surface area contributed by atoms with Crippen molar-refractivity contribution in [1.82, 2.24) is 24.8 Å². The lowest BCUT2D eigenvalue weighted by Gasteiger charge is -2.29. The molecule has 7 rings (SSSR count). The molecule has 1 atom stereocenters. The molecule has 0 saturated carbocycles. The van der Waals surface area contributed by atoms with Gasteiger partial charge in [0.05, 0.1) is 17.4 Å². The first-order valence-corrected chi connectivity index (χ1v) is 14.3. The van der Waals surface area contributed by atoms with Gasteiger partial charge in [-0.05, 0) is 80.2 Å². The fourth-order valence-electron chi connectivity index (χ4n) is 6.21. The molecule has 0 spiro atoms. The number of rotatable bonds is 8. The third-order valence-electron chi connectivity index (χ3n) is 8.31. The summed E-state index contributed by atoms with van der Waals surface area (Å²) in [7, 11) is 0. The lowest BCUT2D eigenvalue weighted by Crippen LogP contribution is -2.42. The molecule has 4 aromatic rings. The van der Waals surface area contributed by atoms with Crippen LogP contribution in [0.1, 0.15) is 41.7 Å². The number of hydrogen-bond donors (Lipinski definition) is 2. The molecule has 3 aliphatic rings. The highest BCUT2D eigenvalue weighted by molar-refractivity contribution is 6.08. The number of anilines is 1. The molecule has 0 radical (unpaired) electrons. The summed E-state index contributed by atoms with van der Waals surface area (Å²) in [5, 5.41) is 4.30. The summed E-state index contributed by atoms with van der Waals surface area (Å²) in [5.41, 5.74) is 4.58. The smallest absolute Gasteiger partial charge is 0.254 e. The zero-order chi connectivity index (χ0) is 26.9. The second kappa shape index (κ2) is 10.8. The first-order valence-electron chi connectivity index (χ1n) is 14.3. The predicted molar refractivity (Wildman–Crippen MR) is 154 cm³/mol. The second-order valence-corrected chi connectivity index (χ2v) is 10.9. The molecule has 1 amide bonds. The summed E-state index contributed by atoms with van der Waals surface area (Å²) in [6.45, 7) is 4.96. The number of aromatic nitrogens is 3. The summed E-state index contributed by atoms with van der Waals surface area (Å²) in [6, 6.07) is 14.3. The molecule has 2 N–H and O–H groups in total. The molecular weight excluding hydrogens is 504 g/mol. The molecule has 2 aromatic heterocycles. The zero-order valence-electron chi connectivity index (χ0n) is 22.6. The van der Waals surface area contributed by atoms with Gasteiger partial charge in [0.15, 0.2) is 11.5 Å². The van der Waals surface area contributed by atoms with Gasteiger partial charge in [0.2, 0.25) is 6.79 Å². The van der Waals surface area contributed by atoms with E-state index >= 15 is 0 Å². The van der Waals surface area contributed by atoms with E-state index in [0.29, 0.717) is 17.9 Å². The number of likely N-dealkylation sites (tertiary alicyclic amines) is 2. The van der Waals surface area contributed by atoms with Gasteiger partial charge in [-0.15, -0.1) is 0 Å². The largest absolute Gasteiger partial charge is 0.454 e. The number of H-pyrrole nitrogens is 1. The van der Waals surface area contributed by atoms with Gasteiger partial charge in [-0.2, -0.15) is 0 Å². The van der Waals surface area contributed by atoms with Gasteiger partial charge in [0.25, 0.3) is 5.91 Å². The van der Waals surface area contributed by atoms with E-state index in [9.17, 15) is 4.79 Å². The van der Waals surface area contributed by atoms with Crippen LogP contribution in [0.5, 0.6) is 11.5 Å². The fraction of sp³-hybridized carbons (Fsp3) is 0.387. The van der Waals surface area contributed by atoms with Crippen molar-refractivity contribution in [3.63, 3.8) is 0 Å². The maximum atomic E-state index is 14.3. The minimum Gasteiger partial charge on any atom is -0.454 e. The van der Waals surface area contributed by atoms with Crippen LogP contribution in [0.15, 0.2) is 55.0 Å². The fourth-order valence-corrected chi connectivity index (χ4v) is 6.21. The van der Waals surface area contributed by atoms with Crippen LogP contribution < -0.4 is 14.8 Å². The van der Waals surface area contributed by atoms with Gasteiger partial charge in [-0.25, -0.2) is 9.97 Å². The minimum atomic E-state index is 0.0913. The SMILES string of the molecule is O=C(c1cc(NCCc2cnc[nH]2)nc2ccc(-c3ccc4c(c3)OCO4)cc12)N1CCC[C@H]1CN1CCCC1. The molecule has 9 nitrogen and oxygen atoms in total. The number of amides is 1. The van der Waals surface area contributed by atoms with Crippen LogP contribution in [0.3, 0.4) is 0 Å². The Balaban J connectivity index is 1.23. The number of nitrogens with zero attached hydrogens (tertiary/aromatic N) is 4. The molecule has 2 aromatic carbocycles. The van der Waals surface area contributed by atoms with Crippen molar-refractivity contribution in [1.29, 1.82) is 0 Å². The van der Waals surface area contributed by atoms with Gasteiger partial charge in [-0.3, -0.25) is 4.79 Å². The highest BCUT2D eigenvalue weighted by Gasteiger charge is 2.32. The maximum absolute atomic E-state index is 14.3. The quantitative estimate of drug-likeness (QED) is 0.336. The zero-order valence-corrected chi connectivity index (χ0v) is 22.6. The summed E-state index contributed by atoms with van der Waals surface area (Å²) in [5.74, 6) is 2.30. The number of pyridine rings is 1. The number of benzene rings is 2. The monoisotopic (exact) mass is 538 g/mol. The molecule has 0 aliphatic carbocycles. The summed E-state index contributed by atoms with van der Waals surface area (Å²) in [4.78, 5) is 31.0. The Hall–Kier alpha value is -4.11. The Bertz CT molecular complexity index is 1520. The van der Waals surface area contributed by atoms with Crippen LogP contribution in [-0.4, -0.2) is 76.2 Å². The molecular formula is C31H34N6O3. The number of ether oxygens (including phenoxy) is 2. The number of imidazole rings is 1. The first-order chi connectivity index (χ1) is 19.7. The lowest BCUT2D eigenvalue weighted by atomic mass is 9.99. The highest BCUT2D eigenvalue weighted by atomic mass is 16.7. The van der Waals surface area contributed by atoms with E-state index in [-0.39, 0.29) is 18.7 Å². The number of hydrogen-bond acceptors (Lipinski definition) is 7. The maximum Gasteiger partial charge on any atom is 0.254 e. The number of fused-ring (bicyclic) bond motifs is 2. The van der Waals surface area contributed by atoms with E-state index in [0.717, 1.165) is 84.7 Å². The predicted octanol–water partition coefficient (Wildman–Crippen LogP) is 4.71. The standard InChI is InChI=1S/C31H34N6O3/c38-31(37-13-3-4-24(37)18-36-11-1-2-12-36)26-16-30(33-10-9-23-17-32-19-34-23)35-27-7-5-21(14-25(26)27)22-6-8-28-29(15-22)40-20-39-28/h5-8,14-17,19,24H,1-4,9-13,18,20H2,(H,32,34)(H,33,35)/t24-/m0/s1. The van der Waals surface area contributed by atoms with Crippen molar-refractivity contribution >= 4 is 22.6 Å². The van der Waals surface area contributed by atoms with Crippen LogP contribution in [0.25, 0.3) is 22.0 Å². The average molecular weight is 539 g/mol. The Labute approximate surface area is 233 Å². The Kier molecular flexibility index (Phi) is 6.73. The number of carbonyl (C=O) groups excluding carboxylic acids is 1. The van der Waals surface area contributed by atoms with E-state index in [4.69, 9.17) is 14.5 Å². The van der Waals surface area contributed by atoms with Crippen LogP contribution >= 0.6 is 0 Å². The van der Waals surface area contributed by atoms with Gasteiger partial charge >= 0.3 is 0 Å². The van der Waals surface area contributed by atoms with E-state index in [2.05, 4.69) is 37.2 Å². The summed E-state index contributed by atoms with van der Waals surface area (Å²) < 4.78 is 11.1. The molecule has 40 heavy (non-hydrogen) atoms. The van der Waals surface area contributed by atoms with Gasteiger partial charge in [-0.1, -0.05) is 12.1 Å². The van der Waals surface area contributed by atoms with E-state index in [1.165, 1.54) is 12.8 Å². The third kappa shape index (κ3) is 4.97. The van der Waals surface area contributed by atoms with Crippen molar-refractivity contribution in [3.8, 4) is 22.6 Å². The molecule has 3 aliphatic heterocycles. The van der Waals surface area contributed by atoms with Crippen LogP contribution in [0, 0.1) is 0 Å². The molecule has 5 heterocycles. The van der Waals surface area contributed by atoms with Crippen molar-refractivity contribution in [2.24, 2.45) is 0 Å². The molecule has 0 bridgehead atoms. The van der Waals surface area contributed by atoms with Crippen molar-refractivity contribution in [2.75, 3.05) is 44.8 Å². The third-order valence-corrected chi connectivity index (χ3v) is 8.31. The minimum absolute atomic E-state index is 0.0913. The number of carbonyl (C=O) groups is 1. The summed E-state index contributed by atoms with van der Waals surface area (Å²) in [6.07, 6.45) is 8.92. The highest BCUT2D eigenvalue weighted by Crippen LogP contribution is 2.37. The second-order valence-electron chi connectivity index (χ2n) is 10.9. The molecule has 0 unspecified atom stereocenters. The van der Waals surface area contributed by atoms with E-state index in [1.54, 1.807) is 6.33 Å². The topological polar surface area (TPSA) is 95.6 Å². The van der Waals surface area contributed by atoms with E-state index in [1.807, 2.05) is 36.5 Å². The van der Waals surface area contributed by atoms with Crippen LogP contribution in [0.2, 0.25) is 0 Å². The lowest BCUT2D eigenvalue weighted by molar-refractivity contribution is 0.0710. The first kappa shape index (κ1) is 24.9. The summed E-state index contributed by atoms with van der Waals surface area (Å²) >= 11 is 0. The Morgan fingerprint density at radius 2 is 1.85 bits per heavy atom. The average Bonchev–Trinajstić information content (AvgIpc) is 3.80. The van der Waals surface area contributed by atoms with Gasteiger partial charge < -0.3 is 29.6 Å². The van der Waals surface area contributed by atoms with Crippen molar-refractivity contribution < 1.29 is 14.3 Å². The number of aromatic amines is 1. The molecule has 2 fully saturated rings. The normalized spacial score (nSPS) is 18.6. The van der Waals surface area contributed by atoms with Gasteiger partial charge in [0.1, 0.15) is 5.82 Å². The molecule has 9 heteroatoms. The van der Waals surface area contributed by atoms with Crippen LogP contribution in [0.4, 0.5) is 5.82 Å². The van der Waals surface area contributed by atoms with E-state index < -0.39 is 0 Å². The molecule has 206 valence electrons. The van der Waals surface area contributed by atoms with Crippen molar-refractivity contribution in [3.05, 3.63) is 66.2 Å².